The van der Waals surface area contributed by atoms with E-state index in [1.807, 2.05) is 0 Å². The van der Waals surface area contributed by atoms with Crippen molar-refractivity contribution in [1.82, 2.24) is 15.3 Å². The SMILES string of the molecule is CN(c1nc(Cl)cc(O[C@@H]2CCOC2)n1)[C@H]1C[C@H]2CCC[C@@H](C1)N2. The van der Waals surface area contributed by atoms with E-state index in [4.69, 9.17) is 21.1 Å². The lowest BCUT2D eigenvalue weighted by molar-refractivity contribution is 0.138. The van der Waals surface area contributed by atoms with Crippen LogP contribution in [0.4, 0.5) is 5.95 Å². The molecule has 0 spiro atoms. The van der Waals surface area contributed by atoms with Gasteiger partial charge in [0.25, 0.3) is 0 Å². The van der Waals surface area contributed by atoms with Crippen molar-refractivity contribution < 1.29 is 9.47 Å². The Morgan fingerprint density at radius 3 is 2.75 bits per heavy atom. The molecule has 2 bridgehead atoms. The summed E-state index contributed by atoms with van der Waals surface area (Å²) < 4.78 is 11.3. The van der Waals surface area contributed by atoms with E-state index < -0.39 is 0 Å². The maximum absolute atomic E-state index is 6.21. The minimum atomic E-state index is 0.0624. The number of ether oxygens (including phenoxy) is 2. The van der Waals surface area contributed by atoms with E-state index in [2.05, 4.69) is 27.2 Å². The number of fused-ring (bicyclic) bond motifs is 2. The fourth-order valence-corrected chi connectivity index (χ4v) is 4.26. The Morgan fingerprint density at radius 2 is 2.04 bits per heavy atom. The minimum absolute atomic E-state index is 0.0624. The van der Waals surface area contributed by atoms with Crippen molar-refractivity contribution in [3.63, 3.8) is 0 Å². The monoisotopic (exact) mass is 352 g/mol. The molecule has 3 fully saturated rings. The summed E-state index contributed by atoms with van der Waals surface area (Å²) in [4.78, 5) is 11.2. The van der Waals surface area contributed by atoms with Gasteiger partial charge in [-0.15, -0.1) is 0 Å². The van der Waals surface area contributed by atoms with Gasteiger partial charge in [0.1, 0.15) is 11.3 Å². The summed E-state index contributed by atoms with van der Waals surface area (Å²) in [7, 11) is 2.07. The van der Waals surface area contributed by atoms with E-state index in [0.29, 0.717) is 41.7 Å². The van der Waals surface area contributed by atoms with Crippen molar-refractivity contribution in [3.05, 3.63) is 11.2 Å². The predicted molar refractivity (Wildman–Crippen MR) is 92.9 cm³/mol. The van der Waals surface area contributed by atoms with Gasteiger partial charge in [-0.3, -0.25) is 0 Å². The molecule has 1 aromatic rings. The first-order valence-corrected chi connectivity index (χ1v) is 9.33. The highest BCUT2D eigenvalue weighted by atomic mass is 35.5. The van der Waals surface area contributed by atoms with Crippen LogP contribution in [-0.2, 0) is 4.74 Å². The molecule has 1 N–H and O–H groups in total. The molecule has 4 atom stereocenters. The molecule has 7 heteroatoms. The van der Waals surface area contributed by atoms with Crippen LogP contribution in [0.25, 0.3) is 0 Å². The maximum Gasteiger partial charge on any atom is 0.230 e. The van der Waals surface area contributed by atoms with Crippen LogP contribution < -0.4 is 15.0 Å². The molecule has 24 heavy (non-hydrogen) atoms. The van der Waals surface area contributed by atoms with Crippen LogP contribution in [0.3, 0.4) is 0 Å². The average Bonchev–Trinajstić information content (AvgIpc) is 3.06. The van der Waals surface area contributed by atoms with Crippen molar-refractivity contribution in [1.29, 1.82) is 0 Å². The molecule has 0 aromatic carbocycles. The second-order valence-electron chi connectivity index (χ2n) is 7.16. The molecule has 1 aromatic heterocycles. The topological polar surface area (TPSA) is 59.5 Å². The average molecular weight is 353 g/mol. The fourth-order valence-electron chi connectivity index (χ4n) is 4.10. The summed E-state index contributed by atoms with van der Waals surface area (Å²) in [6.45, 7) is 1.36. The van der Waals surface area contributed by atoms with Crippen LogP contribution >= 0.6 is 11.6 Å². The zero-order chi connectivity index (χ0) is 16.5. The Bertz CT molecular complexity index is 570. The maximum atomic E-state index is 6.21. The Morgan fingerprint density at radius 1 is 1.25 bits per heavy atom. The Labute approximate surface area is 147 Å². The van der Waals surface area contributed by atoms with E-state index in [1.54, 1.807) is 6.07 Å². The Balaban J connectivity index is 1.48. The van der Waals surface area contributed by atoms with Crippen LogP contribution in [0.15, 0.2) is 6.07 Å². The Hall–Kier alpha value is -1.11. The zero-order valence-electron chi connectivity index (χ0n) is 14.1. The van der Waals surface area contributed by atoms with Crippen molar-refractivity contribution >= 4 is 17.5 Å². The number of aromatic nitrogens is 2. The van der Waals surface area contributed by atoms with E-state index in [1.165, 1.54) is 19.3 Å². The third-order valence-electron chi connectivity index (χ3n) is 5.39. The van der Waals surface area contributed by atoms with Crippen LogP contribution in [0, 0.1) is 0 Å². The third kappa shape index (κ3) is 3.60. The Kier molecular flexibility index (Phi) is 4.79. The zero-order valence-corrected chi connectivity index (χ0v) is 14.8. The lowest BCUT2D eigenvalue weighted by atomic mass is 9.83. The van der Waals surface area contributed by atoms with Gasteiger partial charge in [0.15, 0.2) is 0 Å². The van der Waals surface area contributed by atoms with E-state index in [0.717, 1.165) is 25.9 Å². The van der Waals surface area contributed by atoms with Crippen LogP contribution in [0.5, 0.6) is 5.88 Å². The first kappa shape index (κ1) is 16.4. The van der Waals surface area contributed by atoms with Gasteiger partial charge in [0, 0.05) is 37.7 Å². The summed E-state index contributed by atoms with van der Waals surface area (Å²) >= 11 is 6.21. The summed E-state index contributed by atoms with van der Waals surface area (Å²) in [5.74, 6) is 1.20. The lowest BCUT2D eigenvalue weighted by Crippen LogP contribution is -2.54. The number of nitrogens with one attached hydrogen (secondary N) is 1. The van der Waals surface area contributed by atoms with E-state index >= 15 is 0 Å². The fraction of sp³-hybridized carbons (Fsp3) is 0.765. The van der Waals surface area contributed by atoms with E-state index in [9.17, 15) is 0 Å². The molecule has 3 aliphatic rings. The molecule has 0 unspecified atom stereocenters. The van der Waals surface area contributed by atoms with Crippen LogP contribution in [0.2, 0.25) is 5.15 Å². The van der Waals surface area contributed by atoms with Gasteiger partial charge in [-0.2, -0.15) is 4.98 Å². The number of hydrogen-bond acceptors (Lipinski definition) is 6. The molecular weight excluding hydrogens is 328 g/mol. The second-order valence-corrected chi connectivity index (χ2v) is 7.55. The van der Waals surface area contributed by atoms with Crippen molar-refractivity contribution in [2.75, 3.05) is 25.2 Å². The van der Waals surface area contributed by atoms with Gasteiger partial charge in [-0.1, -0.05) is 18.0 Å². The number of nitrogens with zero attached hydrogens (tertiary/aromatic N) is 3. The van der Waals surface area contributed by atoms with Crippen molar-refractivity contribution in [2.24, 2.45) is 0 Å². The highest BCUT2D eigenvalue weighted by Crippen LogP contribution is 2.30. The number of anilines is 1. The lowest BCUT2D eigenvalue weighted by Gasteiger charge is -2.43. The quantitative estimate of drug-likeness (QED) is 0.840. The molecular formula is C17H25ClN4O2. The van der Waals surface area contributed by atoms with Gasteiger partial charge in [0.2, 0.25) is 11.8 Å². The van der Waals surface area contributed by atoms with Crippen LogP contribution in [-0.4, -0.2) is 54.5 Å². The highest BCUT2D eigenvalue weighted by molar-refractivity contribution is 6.29. The van der Waals surface area contributed by atoms with Gasteiger partial charge in [-0.05, 0) is 25.7 Å². The third-order valence-corrected chi connectivity index (χ3v) is 5.58. The first-order chi connectivity index (χ1) is 11.7. The molecule has 132 valence electrons. The molecule has 3 aliphatic heterocycles. The number of rotatable bonds is 4. The van der Waals surface area contributed by atoms with E-state index in [-0.39, 0.29) is 6.10 Å². The van der Waals surface area contributed by atoms with Crippen LogP contribution in [0.1, 0.15) is 38.5 Å². The molecule has 0 saturated carbocycles. The van der Waals surface area contributed by atoms with Crippen molar-refractivity contribution in [3.8, 4) is 5.88 Å². The molecule has 3 saturated heterocycles. The highest BCUT2D eigenvalue weighted by Gasteiger charge is 2.34. The van der Waals surface area contributed by atoms with Gasteiger partial charge < -0.3 is 19.7 Å². The van der Waals surface area contributed by atoms with Crippen molar-refractivity contribution in [2.45, 2.75) is 62.8 Å². The standard InChI is InChI=1S/C17H25ClN4O2/c1-22(13-7-11-3-2-4-12(8-13)19-11)17-20-15(18)9-16(21-17)24-14-5-6-23-10-14/h9,11-14,19H,2-8,10H2,1H3/t11-,12+,13+,14-/m1/s1. The number of halogens is 1. The molecule has 0 radical (unpaired) electrons. The van der Waals surface area contributed by atoms with Gasteiger partial charge in [-0.25, -0.2) is 4.98 Å². The molecule has 4 heterocycles. The van der Waals surface area contributed by atoms with Gasteiger partial charge in [0.05, 0.1) is 13.2 Å². The second kappa shape index (κ2) is 7.02. The number of hydrogen-bond donors (Lipinski definition) is 1. The molecule has 0 amide bonds. The minimum Gasteiger partial charge on any atom is -0.472 e. The molecule has 4 rings (SSSR count). The smallest absolute Gasteiger partial charge is 0.230 e. The normalized spacial score (nSPS) is 32.6. The predicted octanol–water partition coefficient (Wildman–Crippen LogP) is 2.41. The summed E-state index contributed by atoms with van der Waals surface area (Å²) in [6.07, 6.45) is 7.11. The van der Waals surface area contributed by atoms with Gasteiger partial charge >= 0.3 is 0 Å². The largest absolute Gasteiger partial charge is 0.472 e. The summed E-state index contributed by atoms with van der Waals surface area (Å²) in [5, 5.41) is 4.15. The first-order valence-electron chi connectivity index (χ1n) is 8.95. The summed E-state index contributed by atoms with van der Waals surface area (Å²) in [6, 6.07) is 3.38. The summed E-state index contributed by atoms with van der Waals surface area (Å²) in [5.41, 5.74) is 0. The number of piperidine rings is 2. The molecule has 0 aliphatic carbocycles. The molecule has 6 nitrogen and oxygen atoms in total.